The van der Waals surface area contributed by atoms with E-state index in [0.29, 0.717) is 12.5 Å². The Balaban J connectivity index is 1.77. The summed E-state index contributed by atoms with van der Waals surface area (Å²) in [6.07, 6.45) is 8.63. The number of hydrogen-bond donors (Lipinski definition) is 1. The molecular formula is C14H21N3O2S. The lowest BCUT2D eigenvalue weighted by atomic mass is 9.90. The molecule has 1 heterocycles. The van der Waals surface area contributed by atoms with Crippen molar-refractivity contribution in [2.75, 3.05) is 12.0 Å². The maximum atomic E-state index is 11.3. The van der Waals surface area contributed by atoms with Crippen molar-refractivity contribution in [1.82, 2.24) is 4.98 Å². The molecule has 0 saturated heterocycles. The highest BCUT2D eigenvalue weighted by Gasteiger charge is 2.11. The molecule has 5 nitrogen and oxygen atoms in total. The second-order valence-electron chi connectivity index (χ2n) is 4.91. The summed E-state index contributed by atoms with van der Waals surface area (Å²) >= 11 is 1.45. The van der Waals surface area contributed by atoms with E-state index in [2.05, 4.69) is 15.5 Å². The van der Waals surface area contributed by atoms with Crippen LogP contribution < -0.4 is 5.43 Å². The number of carbonyl (C=O) groups excluding carboxylic acids is 1. The zero-order chi connectivity index (χ0) is 14.2. The van der Waals surface area contributed by atoms with Crippen molar-refractivity contribution >= 4 is 28.7 Å². The van der Waals surface area contributed by atoms with Crippen molar-refractivity contribution < 1.29 is 9.53 Å². The van der Waals surface area contributed by atoms with Gasteiger partial charge < -0.3 is 4.74 Å². The Labute approximate surface area is 123 Å². The van der Waals surface area contributed by atoms with Crippen LogP contribution in [0.1, 0.15) is 44.7 Å². The zero-order valence-electron chi connectivity index (χ0n) is 11.8. The largest absolute Gasteiger partial charge is 0.466 e. The molecule has 1 aromatic heterocycles. The molecule has 1 saturated carbocycles. The van der Waals surface area contributed by atoms with Gasteiger partial charge >= 0.3 is 5.97 Å². The maximum absolute atomic E-state index is 11.3. The van der Waals surface area contributed by atoms with Crippen LogP contribution in [0.3, 0.4) is 0 Å². The Hall–Kier alpha value is -1.43. The average molecular weight is 295 g/mol. The van der Waals surface area contributed by atoms with Crippen LogP contribution in [0, 0.1) is 5.92 Å². The summed E-state index contributed by atoms with van der Waals surface area (Å²) < 4.78 is 4.89. The molecule has 1 fully saturated rings. The lowest BCUT2D eigenvalue weighted by Crippen LogP contribution is -2.08. The second-order valence-corrected chi connectivity index (χ2v) is 5.77. The third-order valence-electron chi connectivity index (χ3n) is 3.28. The number of aromatic nitrogens is 1. The molecule has 1 aliphatic carbocycles. The molecule has 1 aromatic rings. The molecule has 0 amide bonds. The molecule has 0 radical (unpaired) electrons. The van der Waals surface area contributed by atoms with Crippen molar-refractivity contribution in [3.63, 3.8) is 0 Å². The lowest BCUT2D eigenvalue weighted by Gasteiger charge is -2.16. The van der Waals surface area contributed by atoms with E-state index >= 15 is 0 Å². The molecule has 0 aromatic carbocycles. The minimum Gasteiger partial charge on any atom is -0.466 e. The van der Waals surface area contributed by atoms with Gasteiger partial charge in [-0.05, 0) is 25.7 Å². The van der Waals surface area contributed by atoms with Gasteiger partial charge in [0.1, 0.15) is 0 Å². The summed E-state index contributed by atoms with van der Waals surface area (Å²) in [7, 11) is 0. The van der Waals surface area contributed by atoms with Gasteiger partial charge in [0, 0.05) is 11.6 Å². The van der Waals surface area contributed by atoms with E-state index in [9.17, 15) is 4.79 Å². The van der Waals surface area contributed by atoms with E-state index in [-0.39, 0.29) is 12.4 Å². The first-order valence-corrected chi connectivity index (χ1v) is 8.05. The molecule has 0 bridgehead atoms. The smallest absolute Gasteiger partial charge is 0.311 e. The summed E-state index contributed by atoms with van der Waals surface area (Å²) in [5, 5.41) is 6.83. The van der Waals surface area contributed by atoms with E-state index in [4.69, 9.17) is 4.74 Å². The molecule has 1 N–H and O–H groups in total. The first-order valence-electron chi connectivity index (χ1n) is 7.17. The van der Waals surface area contributed by atoms with E-state index < -0.39 is 0 Å². The molecule has 2 rings (SSSR count). The zero-order valence-corrected chi connectivity index (χ0v) is 12.6. The normalized spacial score (nSPS) is 16.4. The number of thiazole rings is 1. The minimum atomic E-state index is -0.241. The topological polar surface area (TPSA) is 63.6 Å². The summed E-state index contributed by atoms with van der Waals surface area (Å²) in [6.45, 7) is 2.20. The number of esters is 1. The molecular weight excluding hydrogens is 274 g/mol. The number of rotatable bonds is 6. The Morgan fingerprint density at radius 1 is 1.55 bits per heavy atom. The van der Waals surface area contributed by atoms with Crippen molar-refractivity contribution in [2.24, 2.45) is 11.0 Å². The number of ether oxygens (including phenoxy) is 1. The maximum Gasteiger partial charge on any atom is 0.311 e. The fourth-order valence-electron chi connectivity index (χ4n) is 2.28. The predicted octanol–water partition coefficient (Wildman–Crippen LogP) is 3.23. The molecule has 1 aliphatic rings. The van der Waals surface area contributed by atoms with Crippen molar-refractivity contribution in [3.8, 4) is 0 Å². The van der Waals surface area contributed by atoms with E-state index in [0.717, 1.165) is 10.8 Å². The monoisotopic (exact) mass is 295 g/mol. The van der Waals surface area contributed by atoms with Gasteiger partial charge in [0.2, 0.25) is 5.13 Å². The second kappa shape index (κ2) is 7.99. The van der Waals surface area contributed by atoms with Crippen LogP contribution in [0.5, 0.6) is 0 Å². The van der Waals surface area contributed by atoms with Crippen molar-refractivity contribution in [3.05, 3.63) is 11.1 Å². The van der Waals surface area contributed by atoms with Crippen LogP contribution in [0.15, 0.2) is 10.5 Å². The van der Waals surface area contributed by atoms with Gasteiger partial charge in [-0.3, -0.25) is 10.2 Å². The fourth-order valence-corrected chi connectivity index (χ4v) is 2.94. The van der Waals surface area contributed by atoms with E-state index in [1.54, 1.807) is 6.92 Å². The highest BCUT2D eigenvalue weighted by Crippen LogP contribution is 2.22. The van der Waals surface area contributed by atoms with E-state index in [1.165, 1.54) is 43.4 Å². The number of nitrogens with zero attached hydrogens (tertiary/aromatic N) is 2. The van der Waals surface area contributed by atoms with Gasteiger partial charge in [-0.2, -0.15) is 5.10 Å². The van der Waals surface area contributed by atoms with Gasteiger partial charge in [0.15, 0.2) is 0 Å². The molecule has 0 spiro atoms. The third kappa shape index (κ3) is 4.92. The molecule has 6 heteroatoms. The number of hydrogen-bond acceptors (Lipinski definition) is 6. The number of anilines is 1. The lowest BCUT2D eigenvalue weighted by molar-refractivity contribution is -0.142. The average Bonchev–Trinajstić information content (AvgIpc) is 2.88. The van der Waals surface area contributed by atoms with Crippen LogP contribution in [0.2, 0.25) is 0 Å². The Bertz CT molecular complexity index is 453. The Morgan fingerprint density at radius 2 is 2.35 bits per heavy atom. The molecule has 0 atom stereocenters. The number of carbonyl (C=O) groups is 1. The predicted molar refractivity (Wildman–Crippen MR) is 81.1 cm³/mol. The SMILES string of the molecule is CCOC(=O)Cc1csc(N/N=C\C2CCCCC2)n1. The third-order valence-corrected chi connectivity index (χ3v) is 4.07. The number of hydrazone groups is 1. The van der Waals surface area contributed by atoms with Gasteiger partial charge in [-0.25, -0.2) is 4.98 Å². The van der Waals surface area contributed by atoms with Crippen LogP contribution >= 0.6 is 11.3 Å². The van der Waals surface area contributed by atoms with Crippen molar-refractivity contribution in [2.45, 2.75) is 45.4 Å². The first kappa shape index (κ1) is 15.0. The fraction of sp³-hybridized carbons (Fsp3) is 0.643. The van der Waals surface area contributed by atoms with Crippen LogP contribution in [-0.4, -0.2) is 23.8 Å². The standard InChI is InChI=1S/C14H21N3O2S/c1-2-19-13(18)8-12-10-20-14(16-12)17-15-9-11-6-4-3-5-7-11/h9-11H,2-8H2,1H3,(H,16,17)/b15-9-. The van der Waals surface area contributed by atoms with Crippen molar-refractivity contribution in [1.29, 1.82) is 0 Å². The molecule has 110 valence electrons. The quantitative estimate of drug-likeness (QED) is 0.497. The summed E-state index contributed by atoms with van der Waals surface area (Å²) in [5.41, 5.74) is 3.67. The summed E-state index contributed by atoms with van der Waals surface area (Å²) in [5.74, 6) is 0.352. The summed E-state index contributed by atoms with van der Waals surface area (Å²) in [6, 6.07) is 0. The van der Waals surface area contributed by atoms with Gasteiger partial charge in [-0.15, -0.1) is 11.3 Å². The highest BCUT2D eigenvalue weighted by atomic mass is 32.1. The van der Waals surface area contributed by atoms with Gasteiger partial charge in [-0.1, -0.05) is 19.3 Å². The Kier molecular flexibility index (Phi) is 5.98. The molecule has 20 heavy (non-hydrogen) atoms. The van der Waals surface area contributed by atoms with Gasteiger partial charge in [0.25, 0.3) is 0 Å². The Morgan fingerprint density at radius 3 is 3.10 bits per heavy atom. The van der Waals surface area contributed by atoms with Crippen LogP contribution in [-0.2, 0) is 16.0 Å². The van der Waals surface area contributed by atoms with E-state index in [1.807, 2.05) is 11.6 Å². The minimum absolute atomic E-state index is 0.221. The molecule has 0 aliphatic heterocycles. The highest BCUT2D eigenvalue weighted by molar-refractivity contribution is 7.13. The molecule has 0 unspecified atom stereocenters. The number of nitrogens with one attached hydrogen (secondary N) is 1. The van der Waals surface area contributed by atoms with Crippen LogP contribution in [0.25, 0.3) is 0 Å². The van der Waals surface area contributed by atoms with Crippen LogP contribution in [0.4, 0.5) is 5.13 Å². The van der Waals surface area contributed by atoms with Gasteiger partial charge in [0.05, 0.1) is 18.7 Å². The first-order chi connectivity index (χ1) is 9.78. The summed E-state index contributed by atoms with van der Waals surface area (Å²) in [4.78, 5) is 15.6.